The molecule has 0 saturated carbocycles. The lowest BCUT2D eigenvalue weighted by atomic mass is 9.98. The Hall–Kier alpha value is -1.92. The second-order valence-electron chi connectivity index (χ2n) is 7.83. The summed E-state index contributed by atoms with van der Waals surface area (Å²) < 4.78 is 62.5. The Morgan fingerprint density at radius 2 is 1.78 bits per heavy atom. The second-order valence-corrected chi connectivity index (χ2v) is 11.9. The van der Waals surface area contributed by atoms with Crippen molar-refractivity contribution in [1.29, 1.82) is 0 Å². The summed E-state index contributed by atoms with van der Waals surface area (Å²) in [6.45, 7) is 0.948. The molecule has 0 N–H and O–H groups in total. The Morgan fingerprint density at radius 1 is 1.12 bits per heavy atom. The van der Waals surface area contributed by atoms with Crippen molar-refractivity contribution in [3.8, 4) is 0 Å². The molecule has 7 nitrogen and oxygen atoms in total. The van der Waals surface area contributed by atoms with E-state index in [0.717, 1.165) is 17.3 Å². The van der Waals surface area contributed by atoms with Gasteiger partial charge in [-0.2, -0.15) is 13.2 Å². The van der Waals surface area contributed by atoms with E-state index in [1.54, 1.807) is 15.9 Å². The first-order valence-electron chi connectivity index (χ1n) is 9.94. The third-order valence-electron chi connectivity index (χ3n) is 5.74. The minimum absolute atomic E-state index is 0.00172. The van der Waals surface area contributed by atoms with Crippen LogP contribution in [-0.2, 0) is 20.8 Å². The quantitative estimate of drug-likeness (QED) is 0.631. The molecular formula is C19H20ClF3N4O3S2. The standard InChI is InChI=1S/C19H20ClF3N4O3S2/c20-16-2-1-15(31-16)14-11-26(18-24-9-13(10-25-18)19(21,22)23)5-6-27(14)17(28)12-3-7-32(29,30)8-4-12/h1-2,9-10,12,14H,3-8,11H2/t14-/m0/s1. The van der Waals surface area contributed by atoms with Gasteiger partial charge in [-0.3, -0.25) is 4.79 Å². The van der Waals surface area contributed by atoms with Gasteiger partial charge in [0.05, 0.1) is 27.4 Å². The molecule has 0 unspecified atom stereocenters. The molecule has 32 heavy (non-hydrogen) atoms. The summed E-state index contributed by atoms with van der Waals surface area (Å²) in [5.74, 6) is -0.328. The summed E-state index contributed by atoms with van der Waals surface area (Å²) in [7, 11) is -3.09. The van der Waals surface area contributed by atoms with Gasteiger partial charge < -0.3 is 9.80 Å². The number of amides is 1. The highest BCUT2D eigenvalue weighted by molar-refractivity contribution is 7.91. The predicted octanol–water partition coefficient (Wildman–Crippen LogP) is 3.43. The minimum Gasteiger partial charge on any atom is -0.337 e. The zero-order chi connectivity index (χ0) is 23.1. The van der Waals surface area contributed by atoms with Crippen molar-refractivity contribution in [2.45, 2.75) is 25.1 Å². The van der Waals surface area contributed by atoms with Gasteiger partial charge in [-0.1, -0.05) is 11.6 Å². The largest absolute Gasteiger partial charge is 0.419 e. The van der Waals surface area contributed by atoms with Crippen LogP contribution in [0.25, 0.3) is 0 Å². The van der Waals surface area contributed by atoms with Crippen LogP contribution in [0.4, 0.5) is 19.1 Å². The Bertz CT molecular complexity index is 1080. The summed E-state index contributed by atoms with van der Waals surface area (Å²) in [5.41, 5.74) is -0.927. The van der Waals surface area contributed by atoms with Gasteiger partial charge in [-0.25, -0.2) is 18.4 Å². The molecule has 0 radical (unpaired) electrons. The van der Waals surface area contributed by atoms with Crippen molar-refractivity contribution in [2.24, 2.45) is 5.92 Å². The average molecular weight is 509 g/mol. The Labute approximate surface area is 192 Å². The van der Waals surface area contributed by atoms with Crippen LogP contribution in [-0.4, -0.2) is 60.3 Å². The highest BCUT2D eigenvalue weighted by Gasteiger charge is 2.39. The molecule has 1 atom stereocenters. The molecule has 0 aromatic carbocycles. The van der Waals surface area contributed by atoms with E-state index in [2.05, 4.69) is 9.97 Å². The first-order valence-corrected chi connectivity index (χ1v) is 13.0. The number of carbonyl (C=O) groups is 1. The van der Waals surface area contributed by atoms with Gasteiger partial charge in [0.15, 0.2) is 0 Å². The maximum atomic E-state index is 13.3. The number of carbonyl (C=O) groups excluding carboxylic acids is 1. The van der Waals surface area contributed by atoms with Gasteiger partial charge in [0.1, 0.15) is 9.84 Å². The minimum atomic E-state index is -4.52. The number of piperazine rings is 1. The van der Waals surface area contributed by atoms with Crippen molar-refractivity contribution in [3.63, 3.8) is 0 Å². The average Bonchev–Trinajstić information content (AvgIpc) is 3.18. The molecule has 4 rings (SSSR count). The van der Waals surface area contributed by atoms with E-state index >= 15 is 0 Å². The summed E-state index contributed by atoms with van der Waals surface area (Å²) in [4.78, 5) is 25.3. The SMILES string of the molecule is O=C(C1CCS(=O)(=O)CC1)N1CCN(c2ncc(C(F)(F)F)cn2)C[C@H]1c1ccc(Cl)s1. The first kappa shape index (κ1) is 23.2. The zero-order valence-corrected chi connectivity index (χ0v) is 19.1. The number of sulfone groups is 1. The normalized spacial score (nSPS) is 22.2. The molecular weight excluding hydrogens is 489 g/mol. The van der Waals surface area contributed by atoms with Gasteiger partial charge in [-0.05, 0) is 25.0 Å². The van der Waals surface area contributed by atoms with Crippen LogP contribution >= 0.6 is 22.9 Å². The van der Waals surface area contributed by atoms with Crippen LogP contribution in [0.2, 0.25) is 4.34 Å². The molecule has 174 valence electrons. The molecule has 2 aromatic rings. The van der Waals surface area contributed by atoms with E-state index in [-0.39, 0.29) is 29.3 Å². The number of nitrogens with zero attached hydrogens (tertiary/aromatic N) is 4. The van der Waals surface area contributed by atoms with Crippen LogP contribution in [0.1, 0.15) is 29.3 Å². The van der Waals surface area contributed by atoms with Crippen molar-refractivity contribution in [3.05, 3.63) is 39.3 Å². The summed E-state index contributed by atoms with van der Waals surface area (Å²) in [6.07, 6.45) is -2.44. The molecule has 0 bridgehead atoms. The zero-order valence-electron chi connectivity index (χ0n) is 16.8. The van der Waals surface area contributed by atoms with Crippen LogP contribution in [0, 0.1) is 5.92 Å². The van der Waals surface area contributed by atoms with E-state index < -0.39 is 27.6 Å². The fraction of sp³-hybridized carbons (Fsp3) is 0.526. The number of hydrogen-bond donors (Lipinski definition) is 0. The molecule has 4 heterocycles. The Kier molecular flexibility index (Phi) is 6.38. The second kappa shape index (κ2) is 8.79. The lowest BCUT2D eigenvalue weighted by molar-refractivity contribution is -0.139. The van der Waals surface area contributed by atoms with E-state index in [9.17, 15) is 26.4 Å². The summed E-state index contributed by atoms with van der Waals surface area (Å²) >= 11 is 7.43. The highest BCUT2D eigenvalue weighted by Crippen LogP contribution is 2.36. The molecule has 1 amide bonds. The van der Waals surface area contributed by atoms with E-state index in [1.807, 2.05) is 6.07 Å². The predicted molar refractivity (Wildman–Crippen MR) is 114 cm³/mol. The molecule has 2 saturated heterocycles. The molecule has 2 aliphatic heterocycles. The molecule has 2 fully saturated rings. The first-order chi connectivity index (χ1) is 15.0. The third kappa shape index (κ3) is 5.01. The Morgan fingerprint density at radius 3 is 2.34 bits per heavy atom. The number of anilines is 1. The van der Waals surface area contributed by atoms with Gasteiger partial charge in [0.2, 0.25) is 11.9 Å². The topological polar surface area (TPSA) is 83.5 Å². The fourth-order valence-corrected chi connectivity index (χ4v) is 6.64. The maximum Gasteiger partial charge on any atom is 0.419 e. The Balaban J connectivity index is 1.55. The van der Waals surface area contributed by atoms with Crippen molar-refractivity contribution >= 4 is 44.6 Å². The third-order valence-corrected chi connectivity index (χ3v) is 8.79. The van der Waals surface area contributed by atoms with Crippen molar-refractivity contribution in [1.82, 2.24) is 14.9 Å². The number of rotatable bonds is 3. The molecule has 13 heteroatoms. The van der Waals surface area contributed by atoms with Crippen LogP contribution in [0.3, 0.4) is 0 Å². The lowest BCUT2D eigenvalue weighted by Crippen LogP contribution is -2.53. The number of halogens is 4. The van der Waals surface area contributed by atoms with Crippen LogP contribution in [0.15, 0.2) is 24.5 Å². The highest BCUT2D eigenvalue weighted by atomic mass is 35.5. The molecule has 0 aliphatic carbocycles. The number of hydrogen-bond acceptors (Lipinski definition) is 7. The van der Waals surface area contributed by atoms with Gasteiger partial charge in [0, 0.05) is 42.8 Å². The van der Waals surface area contributed by atoms with Gasteiger partial charge in [0.25, 0.3) is 0 Å². The fourth-order valence-electron chi connectivity index (χ4n) is 3.98. The van der Waals surface area contributed by atoms with Crippen LogP contribution in [0.5, 0.6) is 0 Å². The number of alkyl halides is 3. The monoisotopic (exact) mass is 508 g/mol. The van der Waals surface area contributed by atoms with E-state index in [4.69, 9.17) is 11.6 Å². The maximum absolute atomic E-state index is 13.3. The number of thiophene rings is 1. The number of aromatic nitrogens is 2. The van der Waals surface area contributed by atoms with Gasteiger partial charge >= 0.3 is 6.18 Å². The van der Waals surface area contributed by atoms with Gasteiger partial charge in [-0.15, -0.1) is 11.3 Å². The van der Waals surface area contributed by atoms with E-state index in [0.29, 0.717) is 36.8 Å². The van der Waals surface area contributed by atoms with Crippen molar-refractivity contribution in [2.75, 3.05) is 36.0 Å². The molecule has 2 aliphatic rings. The molecule has 2 aromatic heterocycles. The smallest absolute Gasteiger partial charge is 0.337 e. The summed E-state index contributed by atoms with van der Waals surface area (Å²) in [5, 5.41) is 0. The van der Waals surface area contributed by atoms with Crippen LogP contribution < -0.4 is 4.90 Å². The summed E-state index contributed by atoms with van der Waals surface area (Å²) in [6, 6.07) is 3.16. The lowest BCUT2D eigenvalue weighted by Gasteiger charge is -2.42. The van der Waals surface area contributed by atoms with E-state index in [1.165, 1.54) is 11.3 Å². The van der Waals surface area contributed by atoms with Crippen molar-refractivity contribution < 1.29 is 26.4 Å². The molecule has 0 spiro atoms.